The van der Waals surface area contributed by atoms with Crippen molar-refractivity contribution in [3.63, 3.8) is 0 Å². The summed E-state index contributed by atoms with van der Waals surface area (Å²) in [6.07, 6.45) is -4.96. The van der Waals surface area contributed by atoms with Crippen LogP contribution in [0.5, 0.6) is 0 Å². The zero-order valence-electron chi connectivity index (χ0n) is 7.75. The monoisotopic (exact) mass is 193 g/mol. The van der Waals surface area contributed by atoms with Gasteiger partial charge in [-0.05, 0) is 0 Å². The molecule has 1 saturated heterocycles. The molecule has 1 unspecified atom stereocenters. The van der Waals surface area contributed by atoms with Crippen LogP contribution in [0.1, 0.15) is 8.27 Å². The normalized spacial score (nSPS) is 47.1. The van der Waals surface area contributed by atoms with Crippen molar-refractivity contribution in [3.05, 3.63) is 0 Å². The molecule has 0 aromatic rings. The molecule has 1 rings (SSSR count). The Balaban J connectivity index is 2.85. The van der Waals surface area contributed by atoms with Crippen molar-refractivity contribution in [3.8, 4) is 0 Å². The molecule has 1 fully saturated rings. The Kier molecular flexibility index (Phi) is 2.31. The molecule has 0 bridgehead atoms. The van der Waals surface area contributed by atoms with Crippen LogP contribution in [0.15, 0.2) is 0 Å². The van der Waals surface area contributed by atoms with Gasteiger partial charge >= 0.3 is 0 Å². The largest absolute Gasteiger partial charge is 0.388 e. The van der Waals surface area contributed by atoms with E-state index in [1.54, 1.807) is 0 Å². The van der Waals surface area contributed by atoms with E-state index in [0.717, 1.165) is 0 Å². The van der Waals surface area contributed by atoms with E-state index in [1.165, 1.54) is 0 Å². The molecule has 1 aliphatic rings. The maximum atomic E-state index is 11.0. The van der Waals surface area contributed by atoms with Crippen molar-refractivity contribution in [2.45, 2.75) is 31.0 Å². The third-order valence-electron chi connectivity index (χ3n) is 1.99. The van der Waals surface area contributed by atoms with E-state index < -0.39 is 43.4 Å². The van der Waals surface area contributed by atoms with Crippen LogP contribution < -0.4 is 0 Å². The van der Waals surface area contributed by atoms with Gasteiger partial charge in [0.15, 0.2) is 5.78 Å². The van der Waals surface area contributed by atoms with Gasteiger partial charge in [0.2, 0.25) is 0 Å². The fraction of sp³-hybridized carbons (Fsp3) is 0.857. The molecular formula is C7H12O6. The molecule has 13 heavy (non-hydrogen) atoms. The Morgan fingerprint density at radius 2 is 2.23 bits per heavy atom. The summed E-state index contributed by atoms with van der Waals surface area (Å²) in [6.45, 7) is -1.25. The van der Waals surface area contributed by atoms with Crippen molar-refractivity contribution in [2.75, 3.05) is 6.61 Å². The number of hydrogen-bond donors (Lipinski definition) is 4. The molecule has 1 heterocycles. The Morgan fingerprint density at radius 3 is 2.77 bits per heavy atom. The number of ketones is 1. The van der Waals surface area contributed by atoms with Crippen LogP contribution in [0.25, 0.3) is 0 Å². The molecule has 4 N–H and O–H groups in total. The maximum absolute atomic E-state index is 11.0. The number of rotatable bonds is 1. The quantitative estimate of drug-likeness (QED) is 0.363. The molecule has 1 aliphatic heterocycles. The van der Waals surface area contributed by atoms with E-state index in [9.17, 15) is 20.1 Å². The van der Waals surface area contributed by atoms with E-state index >= 15 is 0 Å². The molecule has 0 aromatic heterocycles. The van der Waals surface area contributed by atoms with Crippen LogP contribution >= 0.6 is 0 Å². The highest BCUT2D eigenvalue weighted by atomic mass is 16.7. The average molecular weight is 193 g/mol. The Labute approximate surface area is 75.8 Å². The minimum absolute atomic E-state index is 0.472. The van der Waals surface area contributed by atoms with Crippen LogP contribution in [0.2, 0.25) is 0 Å². The molecule has 0 spiro atoms. The van der Waals surface area contributed by atoms with Crippen LogP contribution in [-0.4, -0.2) is 56.9 Å². The number of ether oxygens (including phenoxy) is 1. The van der Waals surface area contributed by atoms with Gasteiger partial charge in [0.05, 0.1) is 6.61 Å². The highest BCUT2D eigenvalue weighted by Crippen LogP contribution is 2.24. The average Bonchev–Trinajstić information content (AvgIpc) is 2.19. The van der Waals surface area contributed by atoms with Crippen LogP contribution in [0.3, 0.4) is 0 Å². The molecule has 6 heteroatoms. The molecule has 4 atom stereocenters. The maximum Gasteiger partial charge on any atom is 0.255 e. The SMILES string of the molecule is [2H]CC(=O)C1(O)OC[C@@H](O)[C@H](O)[C@H]1O. The lowest BCUT2D eigenvalue weighted by Crippen LogP contribution is -2.63. The third kappa shape index (κ3) is 1.59. The van der Waals surface area contributed by atoms with Gasteiger partial charge in [-0.1, -0.05) is 0 Å². The summed E-state index contributed by atoms with van der Waals surface area (Å²) in [4.78, 5) is 11.0. The van der Waals surface area contributed by atoms with Gasteiger partial charge in [0.25, 0.3) is 5.79 Å². The second kappa shape index (κ2) is 3.32. The highest BCUT2D eigenvalue weighted by Gasteiger charge is 2.51. The zero-order chi connectivity index (χ0) is 10.9. The van der Waals surface area contributed by atoms with E-state index in [0.29, 0.717) is 0 Å². The summed E-state index contributed by atoms with van der Waals surface area (Å²) in [5, 5.41) is 37.0. The second-order valence-corrected chi connectivity index (χ2v) is 2.93. The summed E-state index contributed by atoms with van der Waals surface area (Å²) < 4.78 is 11.3. The number of carbonyl (C=O) groups is 1. The zero-order valence-corrected chi connectivity index (χ0v) is 6.75. The van der Waals surface area contributed by atoms with Crippen molar-refractivity contribution in [1.29, 1.82) is 0 Å². The van der Waals surface area contributed by atoms with Crippen molar-refractivity contribution < 1.29 is 31.3 Å². The van der Waals surface area contributed by atoms with Gasteiger partial charge in [-0.25, -0.2) is 0 Å². The minimum Gasteiger partial charge on any atom is -0.388 e. The molecule has 76 valence electrons. The topological polar surface area (TPSA) is 107 Å². The Hall–Kier alpha value is -0.530. The molecular weight excluding hydrogens is 180 g/mol. The van der Waals surface area contributed by atoms with Gasteiger partial charge in [0.1, 0.15) is 18.3 Å². The number of carbonyl (C=O) groups excluding carboxylic acids is 1. The fourth-order valence-electron chi connectivity index (χ4n) is 1.08. The first-order chi connectivity index (χ1) is 6.43. The first-order valence-corrected chi connectivity index (χ1v) is 3.66. The number of aliphatic hydroxyl groups excluding tert-OH is 3. The van der Waals surface area contributed by atoms with Crippen molar-refractivity contribution >= 4 is 5.78 Å². The standard InChI is InChI=1S/C7H12O6/c1-3(8)7(12)6(11)5(10)4(9)2-13-7/h4-6,9-12H,2H2,1H3/t4-,5+,6-,7?/m1/s1/i1D. The van der Waals surface area contributed by atoms with Crippen LogP contribution in [0.4, 0.5) is 0 Å². The highest BCUT2D eigenvalue weighted by molar-refractivity contribution is 5.84. The van der Waals surface area contributed by atoms with Gasteiger partial charge in [-0.15, -0.1) is 0 Å². The lowest BCUT2D eigenvalue weighted by atomic mass is 9.94. The molecule has 0 saturated carbocycles. The molecule has 0 radical (unpaired) electrons. The summed E-state index contributed by atoms with van der Waals surface area (Å²) in [5.74, 6) is -3.64. The minimum atomic E-state index is -2.58. The first kappa shape index (κ1) is 9.04. The van der Waals surface area contributed by atoms with Gasteiger partial charge in [-0.3, -0.25) is 4.79 Å². The molecule has 0 aromatic carbocycles. The number of hydrogen-bond acceptors (Lipinski definition) is 6. The second-order valence-electron chi connectivity index (χ2n) is 2.93. The number of aliphatic hydroxyl groups is 4. The van der Waals surface area contributed by atoms with Crippen molar-refractivity contribution in [1.82, 2.24) is 0 Å². The lowest BCUT2D eigenvalue weighted by molar-refractivity contribution is -0.302. The molecule has 0 amide bonds. The smallest absolute Gasteiger partial charge is 0.255 e. The van der Waals surface area contributed by atoms with Crippen LogP contribution in [0, 0.1) is 0 Å². The molecule has 0 aliphatic carbocycles. The first-order valence-electron chi connectivity index (χ1n) is 4.37. The molecule has 6 nitrogen and oxygen atoms in total. The predicted molar refractivity (Wildman–Crippen MR) is 39.6 cm³/mol. The van der Waals surface area contributed by atoms with Gasteiger partial charge in [-0.2, -0.15) is 0 Å². The summed E-state index contributed by atoms with van der Waals surface area (Å²) in [5.41, 5.74) is 0. The summed E-state index contributed by atoms with van der Waals surface area (Å²) in [7, 11) is 0. The number of Topliss-reactive ketones (excluding diaryl/α,β-unsaturated/α-hetero) is 1. The van der Waals surface area contributed by atoms with E-state index in [1.807, 2.05) is 0 Å². The Morgan fingerprint density at radius 1 is 1.62 bits per heavy atom. The van der Waals surface area contributed by atoms with E-state index in [2.05, 4.69) is 4.74 Å². The van der Waals surface area contributed by atoms with Crippen LogP contribution in [-0.2, 0) is 9.53 Å². The fourth-order valence-corrected chi connectivity index (χ4v) is 1.08. The lowest BCUT2D eigenvalue weighted by Gasteiger charge is -2.39. The van der Waals surface area contributed by atoms with Gasteiger partial charge < -0.3 is 25.2 Å². The van der Waals surface area contributed by atoms with E-state index in [4.69, 9.17) is 6.48 Å². The summed E-state index contributed by atoms with van der Waals surface area (Å²) in [6, 6.07) is 0. The summed E-state index contributed by atoms with van der Waals surface area (Å²) >= 11 is 0. The van der Waals surface area contributed by atoms with Crippen molar-refractivity contribution in [2.24, 2.45) is 0 Å². The van der Waals surface area contributed by atoms with Gasteiger partial charge in [0, 0.05) is 8.27 Å². The Bertz CT molecular complexity index is 234. The predicted octanol–water partition coefficient (Wildman–Crippen LogP) is -2.62. The third-order valence-corrected chi connectivity index (χ3v) is 1.99. The van der Waals surface area contributed by atoms with E-state index in [-0.39, 0.29) is 0 Å².